The Morgan fingerprint density at radius 1 is 1.29 bits per heavy atom. The zero-order valence-corrected chi connectivity index (χ0v) is 8.67. The molecule has 0 aromatic carbocycles. The molecule has 2 aliphatic rings. The Labute approximate surface area is 83.6 Å². The van der Waals surface area contributed by atoms with Gasteiger partial charge in [0.1, 0.15) is 5.54 Å². The molecule has 14 heavy (non-hydrogen) atoms. The highest BCUT2D eigenvalue weighted by molar-refractivity contribution is 6.06. The Hall–Kier alpha value is -1.06. The molecule has 0 bridgehead atoms. The zero-order valence-electron chi connectivity index (χ0n) is 8.67. The van der Waals surface area contributed by atoms with E-state index < -0.39 is 5.54 Å². The lowest BCUT2D eigenvalue weighted by Crippen LogP contribution is -2.42. The fraction of sp³-hybridized carbons (Fsp3) is 0.800. The van der Waals surface area contributed by atoms with Gasteiger partial charge in [-0.15, -0.1) is 0 Å². The van der Waals surface area contributed by atoms with Crippen molar-refractivity contribution in [2.24, 2.45) is 0 Å². The molecule has 0 aromatic rings. The van der Waals surface area contributed by atoms with Crippen LogP contribution in [0.5, 0.6) is 0 Å². The smallest absolute Gasteiger partial charge is 0.324 e. The van der Waals surface area contributed by atoms with Gasteiger partial charge in [0.2, 0.25) is 0 Å². The lowest BCUT2D eigenvalue weighted by Gasteiger charge is -2.21. The van der Waals surface area contributed by atoms with Crippen LogP contribution >= 0.6 is 0 Å². The molecule has 1 aliphatic carbocycles. The molecule has 2 rings (SSSR count). The Bertz CT molecular complexity index is 280. The molecule has 0 radical (unpaired) electrons. The van der Waals surface area contributed by atoms with Gasteiger partial charge in [-0.3, -0.25) is 9.69 Å². The summed E-state index contributed by atoms with van der Waals surface area (Å²) >= 11 is 0. The lowest BCUT2D eigenvalue weighted by molar-refractivity contribution is -0.131. The van der Waals surface area contributed by atoms with Crippen LogP contribution in [0.15, 0.2) is 0 Å². The van der Waals surface area contributed by atoms with E-state index in [0.29, 0.717) is 0 Å². The lowest BCUT2D eigenvalue weighted by atomic mass is 10.1. The molecule has 78 valence electrons. The first-order chi connectivity index (χ1) is 6.52. The summed E-state index contributed by atoms with van der Waals surface area (Å²) in [5.41, 5.74) is -0.709. The SMILES string of the molecule is CC1(C)NC(=O)N(C2CCCC2)C1=O. The third kappa shape index (κ3) is 1.29. The molecular weight excluding hydrogens is 180 g/mol. The summed E-state index contributed by atoms with van der Waals surface area (Å²) in [5.74, 6) is -0.0746. The number of nitrogens with zero attached hydrogens (tertiary/aromatic N) is 1. The second-order valence-electron chi connectivity index (χ2n) is 4.67. The molecule has 3 amide bonds. The van der Waals surface area contributed by atoms with Crippen LogP contribution in [0, 0.1) is 0 Å². The van der Waals surface area contributed by atoms with E-state index in [2.05, 4.69) is 5.32 Å². The number of hydrogen-bond donors (Lipinski definition) is 1. The van der Waals surface area contributed by atoms with Crippen LogP contribution in [-0.4, -0.2) is 28.4 Å². The molecule has 0 spiro atoms. The van der Waals surface area contributed by atoms with Gasteiger partial charge in [-0.05, 0) is 26.7 Å². The summed E-state index contributed by atoms with van der Waals surface area (Å²) in [4.78, 5) is 24.9. The number of imide groups is 1. The Balaban J connectivity index is 2.19. The predicted octanol–water partition coefficient (Wildman–Crippen LogP) is 1.26. The second kappa shape index (κ2) is 2.97. The topological polar surface area (TPSA) is 49.4 Å². The monoisotopic (exact) mass is 196 g/mol. The molecule has 1 aliphatic heterocycles. The number of rotatable bonds is 1. The Morgan fingerprint density at radius 3 is 2.29 bits per heavy atom. The van der Waals surface area contributed by atoms with Crippen LogP contribution in [0.25, 0.3) is 0 Å². The Morgan fingerprint density at radius 2 is 1.86 bits per heavy atom. The minimum atomic E-state index is -0.709. The maximum absolute atomic E-state index is 11.9. The molecule has 1 heterocycles. The molecule has 0 aromatic heterocycles. The maximum atomic E-state index is 11.9. The first-order valence-electron chi connectivity index (χ1n) is 5.18. The highest BCUT2D eigenvalue weighted by atomic mass is 16.2. The average molecular weight is 196 g/mol. The molecular formula is C10H16N2O2. The van der Waals surface area contributed by atoms with Gasteiger partial charge in [0.25, 0.3) is 5.91 Å². The second-order valence-corrected chi connectivity index (χ2v) is 4.67. The molecule has 1 saturated heterocycles. The van der Waals surface area contributed by atoms with Gasteiger partial charge in [-0.2, -0.15) is 0 Å². The van der Waals surface area contributed by atoms with Gasteiger partial charge in [0.15, 0.2) is 0 Å². The van der Waals surface area contributed by atoms with Gasteiger partial charge >= 0.3 is 6.03 Å². The van der Waals surface area contributed by atoms with Gasteiger partial charge in [-0.1, -0.05) is 12.8 Å². The van der Waals surface area contributed by atoms with E-state index in [1.54, 1.807) is 13.8 Å². The average Bonchev–Trinajstić information content (AvgIpc) is 2.61. The highest BCUT2D eigenvalue weighted by Crippen LogP contribution is 2.28. The van der Waals surface area contributed by atoms with Crippen molar-refractivity contribution in [1.82, 2.24) is 10.2 Å². The van der Waals surface area contributed by atoms with E-state index in [1.165, 1.54) is 4.90 Å². The summed E-state index contributed by atoms with van der Waals surface area (Å²) < 4.78 is 0. The maximum Gasteiger partial charge on any atom is 0.325 e. The first kappa shape index (κ1) is 9.49. The number of carbonyl (C=O) groups excluding carboxylic acids is 2. The third-order valence-corrected chi connectivity index (χ3v) is 3.08. The van der Waals surface area contributed by atoms with Crippen molar-refractivity contribution in [1.29, 1.82) is 0 Å². The molecule has 0 unspecified atom stereocenters. The van der Waals surface area contributed by atoms with Crippen LogP contribution in [0.4, 0.5) is 4.79 Å². The van der Waals surface area contributed by atoms with Gasteiger partial charge in [0.05, 0.1) is 0 Å². The fourth-order valence-electron chi connectivity index (χ4n) is 2.27. The van der Waals surface area contributed by atoms with E-state index in [1.807, 2.05) is 0 Å². The summed E-state index contributed by atoms with van der Waals surface area (Å²) in [7, 11) is 0. The van der Waals surface area contributed by atoms with Crippen molar-refractivity contribution in [2.75, 3.05) is 0 Å². The van der Waals surface area contributed by atoms with Crippen molar-refractivity contribution in [2.45, 2.75) is 51.1 Å². The third-order valence-electron chi connectivity index (χ3n) is 3.08. The summed E-state index contributed by atoms with van der Waals surface area (Å²) in [5, 5.41) is 2.71. The quantitative estimate of drug-likeness (QED) is 0.642. The van der Waals surface area contributed by atoms with E-state index in [4.69, 9.17) is 0 Å². The highest BCUT2D eigenvalue weighted by Gasteiger charge is 2.47. The van der Waals surface area contributed by atoms with Crippen molar-refractivity contribution < 1.29 is 9.59 Å². The van der Waals surface area contributed by atoms with E-state index in [0.717, 1.165) is 25.7 Å². The minimum absolute atomic E-state index is 0.0746. The molecule has 4 nitrogen and oxygen atoms in total. The largest absolute Gasteiger partial charge is 0.325 e. The van der Waals surface area contributed by atoms with Crippen LogP contribution in [0.1, 0.15) is 39.5 Å². The fourth-order valence-corrected chi connectivity index (χ4v) is 2.27. The number of amides is 3. The van der Waals surface area contributed by atoms with Crippen LogP contribution in [0.2, 0.25) is 0 Å². The summed E-state index contributed by atoms with van der Waals surface area (Å²) in [6.45, 7) is 3.50. The normalized spacial score (nSPS) is 27.1. The number of nitrogens with one attached hydrogen (secondary N) is 1. The predicted molar refractivity (Wildman–Crippen MR) is 51.7 cm³/mol. The van der Waals surface area contributed by atoms with Gasteiger partial charge < -0.3 is 5.32 Å². The van der Waals surface area contributed by atoms with Crippen molar-refractivity contribution in [3.05, 3.63) is 0 Å². The van der Waals surface area contributed by atoms with Crippen LogP contribution in [0.3, 0.4) is 0 Å². The molecule has 0 atom stereocenters. The Kier molecular flexibility index (Phi) is 2.01. The number of carbonyl (C=O) groups is 2. The number of urea groups is 1. The number of hydrogen-bond acceptors (Lipinski definition) is 2. The van der Waals surface area contributed by atoms with Crippen molar-refractivity contribution >= 4 is 11.9 Å². The standard InChI is InChI=1S/C10H16N2O2/c1-10(2)8(13)12(9(14)11-10)7-5-3-4-6-7/h7H,3-6H2,1-2H3,(H,11,14). The molecule has 1 N–H and O–H groups in total. The zero-order chi connectivity index (χ0) is 10.3. The molecule has 1 saturated carbocycles. The van der Waals surface area contributed by atoms with Crippen molar-refractivity contribution in [3.63, 3.8) is 0 Å². The van der Waals surface area contributed by atoms with E-state index in [9.17, 15) is 9.59 Å². The molecule has 4 heteroatoms. The summed E-state index contributed by atoms with van der Waals surface area (Å²) in [6.07, 6.45) is 4.19. The van der Waals surface area contributed by atoms with Gasteiger partial charge in [-0.25, -0.2) is 4.79 Å². The van der Waals surface area contributed by atoms with E-state index >= 15 is 0 Å². The van der Waals surface area contributed by atoms with Crippen LogP contribution in [-0.2, 0) is 4.79 Å². The minimum Gasteiger partial charge on any atom is -0.324 e. The first-order valence-corrected chi connectivity index (χ1v) is 5.18. The molecule has 2 fully saturated rings. The summed E-state index contributed by atoms with van der Waals surface area (Å²) in [6, 6.07) is -0.0730. The van der Waals surface area contributed by atoms with Crippen LogP contribution < -0.4 is 5.32 Å². The van der Waals surface area contributed by atoms with Gasteiger partial charge in [0, 0.05) is 6.04 Å². The van der Waals surface area contributed by atoms with Crippen molar-refractivity contribution in [3.8, 4) is 0 Å². The van der Waals surface area contributed by atoms with E-state index in [-0.39, 0.29) is 18.0 Å².